The van der Waals surface area contributed by atoms with Crippen LogP contribution in [0.3, 0.4) is 0 Å². The lowest BCUT2D eigenvalue weighted by molar-refractivity contribution is -0.134. The van der Waals surface area contributed by atoms with E-state index < -0.39 is 11.4 Å². The van der Waals surface area contributed by atoms with E-state index in [1.54, 1.807) is 6.08 Å². The lowest BCUT2D eigenvalue weighted by Crippen LogP contribution is -2.11. The maximum Gasteiger partial charge on any atom is 0.330 e. The summed E-state index contributed by atoms with van der Waals surface area (Å²) in [5.74, 6) is -0.392. The minimum atomic E-state index is -0.398. The van der Waals surface area contributed by atoms with Gasteiger partial charge in [0.15, 0.2) is 0 Å². The van der Waals surface area contributed by atoms with Crippen LogP contribution in [-0.4, -0.2) is 19.4 Å². The summed E-state index contributed by atoms with van der Waals surface area (Å²) in [6.07, 6.45) is 4.38. The van der Waals surface area contributed by atoms with Crippen LogP contribution in [0, 0.1) is 5.41 Å². The third kappa shape index (κ3) is 4.66. The zero-order valence-electron chi connectivity index (χ0n) is 7.66. The zero-order valence-corrected chi connectivity index (χ0v) is 7.66. The molecule has 0 heterocycles. The topological polar surface area (TPSA) is 43.4 Å². The third-order valence-electron chi connectivity index (χ3n) is 1.42. The summed E-state index contributed by atoms with van der Waals surface area (Å²) in [7, 11) is 1.32. The number of allylic oxidation sites excluding steroid dienone is 1. The monoisotopic (exact) mass is 170 g/mol. The minimum Gasteiger partial charge on any atom is -0.466 e. The summed E-state index contributed by atoms with van der Waals surface area (Å²) >= 11 is 0. The van der Waals surface area contributed by atoms with Crippen molar-refractivity contribution in [3.63, 3.8) is 0 Å². The van der Waals surface area contributed by atoms with Crippen LogP contribution in [0.5, 0.6) is 0 Å². The largest absolute Gasteiger partial charge is 0.466 e. The summed E-state index contributed by atoms with van der Waals surface area (Å²) in [5, 5.41) is 0. The fraction of sp³-hybridized carbons (Fsp3) is 0.556. The number of methoxy groups -OCH3 is 1. The van der Waals surface area contributed by atoms with Crippen LogP contribution >= 0.6 is 0 Å². The molecule has 0 atom stereocenters. The molecule has 0 saturated heterocycles. The molecule has 0 N–H and O–H groups in total. The first-order valence-corrected chi connectivity index (χ1v) is 3.72. The van der Waals surface area contributed by atoms with Gasteiger partial charge in [-0.25, -0.2) is 4.79 Å². The van der Waals surface area contributed by atoms with Crippen LogP contribution in [0.2, 0.25) is 0 Å². The molecule has 0 aliphatic heterocycles. The Morgan fingerprint density at radius 2 is 2.08 bits per heavy atom. The van der Waals surface area contributed by atoms with Gasteiger partial charge >= 0.3 is 5.97 Å². The van der Waals surface area contributed by atoms with Crippen molar-refractivity contribution >= 4 is 12.3 Å². The maximum atomic E-state index is 10.6. The van der Waals surface area contributed by atoms with E-state index in [0.29, 0.717) is 6.42 Å². The van der Waals surface area contributed by atoms with Crippen LogP contribution in [0.1, 0.15) is 20.3 Å². The molecule has 0 aromatic rings. The molecular weight excluding hydrogens is 156 g/mol. The fourth-order valence-electron chi connectivity index (χ4n) is 0.575. The van der Waals surface area contributed by atoms with Gasteiger partial charge in [0, 0.05) is 11.5 Å². The number of hydrogen-bond donors (Lipinski definition) is 0. The van der Waals surface area contributed by atoms with Gasteiger partial charge in [0.25, 0.3) is 0 Å². The minimum absolute atomic E-state index is 0.392. The summed E-state index contributed by atoms with van der Waals surface area (Å²) < 4.78 is 4.38. The zero-order chi connectivity index (χ0) is 9.61. The second-order valence-electron chi connectivity index (χ2n) is 3.24. The SMILES string of the molecule is COC(=O)/C=C\CC(C)(C)C=O. The molecule has 0 aromatic carbocycles. The van der Waals surface area contributed by atoms with Crippen molar-refractivity contribution in [3.05, 3.63) is 12.2 Å². The normalized spacial score (nSPS) is 11.6. The van der Waals surface area contributed by atoms with Crippen molar-refractivity contribution in [2.24, 2.45) is 5.41 Å². The molecule has 0 unspecified atom stereocenters. The predicted octanol–water partition coefficient (Wildman–Crippen LogP) is 1.33. The molecule has 0 aliphatic rings. The Morgan fingerprint density at radius 3 is 2.50 bits per heavy atom. The average molecular weight is 170 g/mol. The molecule has 0 bridgehead atoms. The fourth-order valence-corrected chi connectivity index (χ4v) is 0.575. The molecule has 0 rings (SSSR count). The van der Waals surface area contributed by atoms with Crippen molar-refractivity contribution in [2.45, 2.75) is 20.3 Å². The first-order valence-electron chi connectivity index (χ1n) is 3.72. The lowest BCUT2D eigenvalue weighted by Gasteiger charge is -2.12. The van der Waals surface area contributed by atoms with E-state index in [1.807, 2.05) is 13.8 Å². The molecule has 68 valence electrons. The first kappa shape index (κ1) is 10.9. The molecule has 0 saturated carbocycles. The van der Waals surface area contributed by atoms with Gasteiger partial charge in [-0.05, 0) is 6.42 Å². The highest BCUT2D eigenvalue weighted by Crippen LogP contribution is 2.16. The van der Waals surface area contributed by atoms with Crippen molar-refractivity contribution in [1.29, 1.82) is 0 Å². The predicted molar refractivity (Wildman–Crippen MR) is 45.6 cm³/mol. The van der Waals surface area contributed by atoms with Gasteiger partial charge in [0.05, 0.1) is 7.11 Å². The highest BCUT2D eigenvalue weighted by atomic mass is 16.5. The lowest BCUT2D eigenvalue weighted by atomic mass is 9.91. The van der Waals surface area contributed by atoms with Crippen LogP contribution in [0.15, 0.2) is 12.2 Å². The number of hydrogen-bond acceptors (Lipinski definition) is 3. The molecule has 0 spiro atoms. The molecule has 12 heavy (non-hydrogen) atoms. The van der Waals surface area contributed by atoms with Crippen molar-refractivity contribution in [1.82, 2.24) is 0 Å². The Morgan fingerprint density at radius 1 is 1.50 bits per heavy atom. The summed E-state index contributed by atoms with van der Waals surface area (Å²) in [5.41, 5.74) is -0.398. The number of carbonyl (C=O) groups excluding carboxylic acids is 2. The molecule has 0 amide bonds. The Labute approximate surface area is 72.4 Å². The van der Waals surface area contributed by atoms with Gasteiger partial charge in [0.2, 0.25) is 0 Å². The van der Waals surface area contributed by atoms with Crippen LogP contribution < -0.4 is 0 Å². The van der Waals surface area contributed by atoms with E-state index >= 15 is 0 Å². The quantitative estimate of drug-likeness (QED) is 0.363. The van der Waals surface area contributed by atoms with Gasteiger partial charge in [-0.2, -0.15) is 0 Å². The van der Waals surface area contributed by atoms with Crippen LogP contribution in [0.25, 0.3) is 0 Å². The van der Waals surface area contributed by atoms with E-state index in [-0.39, 0.29) is 0 Å². The Balaban J connectivity index is 3.89. The second kappa shape index (κ2) is 4.70. The number of rotatable bonds is 4. The highest BCUT2D eigenvalue weighted by Gasteiger charge is 2.13. The Kier molecular flexibility index (Phi) is 4.26. The Hall–Kier alpha value is -1.12. The smallest absolute Gasteiger partial charge is 0.330 e. The van der Waals surface area contributed by atoms with E-state index in [4.69, 9.17) is 0 Å². The van der Waals surface area contributed by atoms with Crippen molar-refractivity contribution in [3.8, 4) is 0 Å². The van der Waals surface area contributed by atoms with E-state index in [1.165, 1.54) is 13.2 Å². The molecule has 0 fully saturated rings. The van der Waals surface area contributed by atoms with Crippen LogP contribution in [-0.2, 0) is 14.3 Å². The number of aldehydes is 1. The number of carbonyl (C=O) groups is 2. The number of ether oxygens (including phenoxy) is 1. The van der Waals surface area contributed by atoms with Crippen molar-refractivity contribution < 1.29 is 14.3 Å². The molecule has 0 aromatic heterocycles. The van der Waals surface area contributed by atoms with E-state index in [0.717, 1.165) is 6.29 Å². The molecule has 0 aliphatic carbocycles. The van der Waals surface area contributed by atoms with E-state index in [2.05, 4.69) is 4.74 Å². The third-order valence-corrected chi connectivity index (χ3v) is 1.42. The summed E-state index contributed by atoms with van der Waals surface area (Å²) in [6, 6.07) is 0. The maximum absolute atomic E-state index is 10.6. The second-order valence-corrected chi connectivity index (χ2v) is 3.24. The first-order chi connectivity index (χ1) is 5.52. The van der Waals surface area contributed by atoms with Gasteiger partial charge < -0.3 is 9.53 Å². The van der Waals surface area contributed by atoms with Gasteiger partial charge in [0.1, 0.15) is 6.29 Å². The summed E-state index contributed by atoms with van der Waals surface area (Å²) in [4.78, 5) is 21.0. The van der Waals surface area contributed by atoms with Gasteiger partial charge in [-0.15, -0.1) is 0 Å². The molecule has 3 nitrogen and oxygen atoms in total. The number of esters is 1. The van der Waals surface area contributed by atoms with Crippen LogP contribution in [0.4, 0.5) is 0 Å². The van der Waals surface area contributed by atoms with Crippen molar-refractivity contribution in [2.75, 3.05) is 7.11 Å². The summed E-state index contributed by atoms with van der Waals surface area (Å²) in [6.45, 7) is 3.61. The Bertz CT molecular complexity index is 192. The molecular formula is C9H14O3. The molecule has 0 radical (unpaired) electrons. The standard InChI is InChI=1S/C9H14O3/c1-9(2,7-10)6-4-5-8(11)12-3/h4-5,7H,6H2,1-3H3/b5-4-. The van der Waals surface area contributed by atoms with Gasteiger partial charge in [-0.3, -0.25) is 0 Å². The van der Waals surface area contributed by atoms with E-state index in [9.17, 15) is 9.59 Å². The van der Waals surface area contributed by atoms with Gasteiger partial charge in [-0.1, -0.05) is 19.9 Å². The average Bonchev–Trinajstić information content (AvgIpc) is 2.04. The highest BCUT2D eigenvalue weighted by molar-refractivity contribution is 5.81. The molecule has 3 heteroatoms.